The zero-order chi connectivity index (χ0) is 19.2. The molecule has 3 unspecified atom stereocenters. The summed E-state index contributed by atoms with van der Waals surface area (Å²) in [6.45, 7) is 4.70. The van der Waals surface area contributed by atoms with E-state index in [9.17, 15) is 14.4 Å². The second-order valence-electron chi connectivity index (χ2n) is 8.40. The predicted molar refractivity (Wildman–Crippen MR) is 110 cm³/mol. The minimum absolute atomic E-state index is 0. The van der Waals surface area contributed by atoms with Gasteiger partial charge < -0.3 is 20.9 Å². The second-order valence-corrected chi connectivity index (χ2v) is 8.40. The maximum Gasteiger partial charge on any atom is 0.244 e. The van der Waals surface area contributed by atoms with Crippen LogP contribution in [-0.2, 0) is 14.4 Å². The molecule has 0 bridgehead atoms. The number of carbonyl (C=O) groups excluding carboxylic acids is 3. The molecule has 0 aromatic rings. The topological polar surface area (TPSA) is 90.5 Å². The number of hydrogen-bond acceptors (Lipinski definition) is 4. The van der Waals surface area contributed by atoms with Gasteiger partial charge in [0.2, 0.25) is 17.7 Å². The van der Waals surface area contributed by atoms with E-state index >= 15 is 0 Å². The molecule has 160 valence electrons. The van der Waals surface area contributed by atoms with Gasteiger partial charge in [0.1, 0.15) is 6.04 Å². The summed E-state index contributed by atoms with van der Waals surface area (Å²) in [6, 6.07) is -0.536. The molecular formula is C20H35ClN4O3. The molecule has 3 fully saturated rings. The van der Waals surface area contributed by atoms with E-state index in [1.807, 2.05) is 4.90 Å². The standard InChI is InChI=1S/C20H34N4O3.ClH/c1-14(23-18(25)16-7-2-3-8-16)20(27)24-11-5-6-15(13-24)12-22-19(26)17-9-4-10-21-17;/h14-17,21H,2-13H2,1H3,(H,22,26)(H,23,25);1H. The van der Waals surface area contributed by atoms with Crippen LogP contribution >= 0.6 is 12.4 Å². The van der Waals surface area contributed by atoms with Gasteiger partial charge >= 0.3 is 0 Å². The highest BCUT2D eigenvalue weighted by Crippen LogP contribution is 2.25. The Morgan fingerprint density at radius 2 is 1.79 bits per heavy atom. The zero-order valence-electron chi connectivity index (χ0n) is 16.9. The molecule has 0 aromatic heterocycles. The monoisotopic (exact) mass is 414 g/mol. The van der Waals surface area contributed by atoms with Gasteiger partial charge in [0, 0.05) is 25.6 Å². The van der Waals surface area contributed by atoms with Gasteiger partial charge in [-0.15, -0.1) is 12.4 Å². The first-order valence-electron chi connectivity index (χ1n) is 10.6. The molecule has 1 aliphatic carbocycles. The third kappa shape index (κ3) is 6.08. The Kier molecular flexibility index (Phi) is 9.02. The van der Waals surface area contributed by atoms with Crippen LogP contribution < -0.4 is 16.0 Å². The Morgan fingerprint density at radius 3 is 2.46 bits per heavy atom. The van der Waals surface area contributed by atoms with Crippen LogP contribution in [-0.4, -0.2) is 60.9 Å². The molecule has 2 heterocycles. The smallest absolute Gasteiger partial charge is 0.244 e. The Morgan fingerprint density at radius 1 is 1.04 bits per heavy atom. The summed E-state index contributed by atoms with van der Waals surface area (Å²) in [7, 11) is 0. The molecule has 3 atom stereocenters. The number of halogens is 1. The summed E-state index contributed by atoms with van der Waals surface area (Å²) in [6.07, 6.45) is 8.00. The lowest BCUT2D eigenvalue weighted by molar-refractivity contribution is -0.138. The molecule has 0 spiro atoms. The van der Waals surface area contributed by atoms with Crippen LogP contribution in [0, 0.1) is 11.8 Å². The molecule has 3 rings (SSSR count). The van der Waals surface area contributed by atoms with Crippen LogP contribution in [0.2, 0.25) is 0 Å². The van der Waals surface area contributed by atoms with Crippen molar-refractivity contribution in [3.63, 3.8) is 0 Å². The fraction of sp³-hybridized carbons (Fsp3) is 0.850. The first-order valence-corrected chi connectivity index (χ1v) is 10.6. The Bertz CT molecular complexity index is 548. The van der Waals surface area contributed by atoms with Gasteiger partial charge in [0.15, 0.2) is 0 Å². The molecule has 3 N–H and O–H groups in total. The number of nitrogens with one attached hydrogen (secondary N) is 3. The highest BCUT2D eigenvalue weighted by molar-refractivity contribution is 5.88. The predicted octanol–water partition coefficient (Wildman–Crippen LogP) is 1.21. The van der Waals surface area contributed by atoms with E-state index in [-0.39, 0.29) is 48.0 Å². The quantitative estimate of drug-likeness (QED) is 0.609. The van der Waals surface area contributed by atoms with Crippen molar-refractivity contribution >= 4 is 30.1 Å². The molecule has 0 radical (unpaired) electrons. The summed E-state index contributed by atoms with van der Waals surface area (Å²) in [5.74, 6) is 0.459. The van der Waals surface area contributed by atoms with Gasteiger partial charge in [-0.05, 0) is 57.9 Å². The van der Waals surface area contributed by atoms with Gasteiger partial charge in [-0.2, -0.15) is 0 Å². The first kappa shape index (κ1) is 22.9. The average Bonchev–Trinajstić information content (AvgIpc) is 3.39. The van der Waals surface area contributed by atoms with E-state index in [0.717, 1.165) is 64.5 Å². The molecule has 3 amide bonds. The molecule has 0 aromatic carbocycles. The summed E-state index contributed by atoms with van der Waals surface area (Å²) in [5.41, 5.74) is 0. The van der Waals surface area contributed by atoms with Crippen molar-refractivity contribution in [3.05, 3.63) is 0 Å². The van der Waals surface area contributed by atoms with Gasteiger partial charge in [-0.1, -0.05) is 12.8 Å². The van der Waals surface area contributed by atoms with Crippen LogP contribution in [0.15, 0.2) is 0 Å². The molecule has 3 aliphatic rings. The normalized spacial score (nSPS) is 26.4. The largest absolute Gasteiger partial charge is 0.354 e. The number of nitrogens with zero attached hydrogens (tertiary/aromatic N) is 1. The van der Waals surface area contributed by atoms with Crippen LogP contribution in [0.3, 0.4) is 0 Å². The molecule has 7 nitrogen and oxygen atoms in total. The fourth-order valence-electron chi connectivity index (χ4n) is 4.56. The number of amides is 3. The molecule has 28 heavy (non-hydrogen) atoms. The van der Waals surface area contributed by atoms with E-state index in [2.05, 4.69) is 16.0 Å². The summed E-state index contributed by atoms with van der Waals surface area (Å²) >= 11 is 0. The van der Waals surface area contributed by atoms with E-state index in [0.29, 0.717) is 13.1 Å². The fourth-order valence-corrected chi connectivity index (χ4v) is 4.56. The Labute approximate surface area is 174 Å². The molecule has 8 heteroatoms. The van der Waals surface area contributed by atoms with Gasteiger partial charge in [-0.25, -0.2) is 0 Å². The lowest BCUT2D eigenvalue weighted by Crippen LogP contribution is -2.52. The Balaban J connectivity index is 0.00000280. The number of likely N-dealkylation sites (tertiary alicyclic amines) is 1. The van der Waals surface area contributed by atoms with Crippen molar-refractivity contribution in [2.75, 3.05) is 26.2 Å². The van der Waals surface area contributed by atoms with Crippen LogP contribution in [0.1, 0.15) is 58.3 Å². The molecule has 1 saturated carbocycles. The third-order valence-electron chi connectivity index (χ3n) is 6.23. The van der Waals surface area contributed by atoms with Crippen LogP contribution in [0.4, 0.5) is 0 Å². The minimum atomic E-state index is -0.478. The van der Waals surface area contributed by atoms with Crippen molar-refractivity contribution in [1.82, 2.24) is 20.9 Å². The maximum absolute atomic E-state index is 12.8. The van der Waals surface area contributed by atoms with Crippen molar-refractivity contribution in [3.8, 4) is 0 Å². The van der Waals surface area contributed by atoms with Crippen LogP contribution in [0.25, 0.3) is 0 Å². The molecular weight excluding hydrogens is 380 g/mol. The SMILES string of the molecule is CC(NC(=O)C1CCCC1)C(=O)N1CCCC(CNC(=O)C2CCCN2)C1.Cl. The van der Waals surface area contributed by atoms with Crippen LogP contribution in [0.5, 0.6) is 0 Å². The van der Waals surface area contributed by atoms with Crippen molar-refractivity contribution in [1.29, 1.82) is 0 Å². The van der Waals surface area contributed by atoms with Crippen molar-refractivity contribution < 1.29 is 14.4 Å². The average molecular weight is 415 g/mol. The summed E-state index contributed by atoms with van der Waals surface area (Å²) < 4.78 is 0. The van der Waals surface area contributed by atoms with Gasteiger partial charge in [0.05, 0.1) is 6.04 Å². The van der Waals surface area contributed by atoms with Crippen molar-refractivity contribution in [2.45, 2.75) is 70.4 Å². The lowest BCUT2D eigenvalue weighted by atomic mass is 9.97. The highest BCUT2D eigenvalue weighted by atomic mass is 35.5. The maximum atomic E-state index is 12.8. The number of hydrogen-bond donors (Lipinski definition) is 3. The second kappa shape index (κ2) is 11.0. The van der Waals surface area contributed by atoms with Gasteiger partial charge in [0.25, 0.3) is 0 Å². The number of rotatable bonds is 6. The van der Waals surface area contributed by atoms with E-state index in [1.54, 1.807) is 6.92 Å². The highest BCUT2D eigenvalue weighted by Gasteiger charge is 2.30. The molecule has 2 saturated heterocycles. The molecule has 2 aliphatic heterocycles. The van der Waals surface area contributed by atoms with E-state index in [1.165, 1.54) is 0 Å². The first-order chi connectivity index (χ1) is 13.0. The summed E-state index contributed by atoms with van der Waals surface area (Å²) in [5, 5.41) is 9.17. The van der Waals surface area contributed by atoms with E-state index < -0.39 is 6.04 Å². The minimum Gasteiger partial charge on any atom is -0.354 e. The van der Waals surface area contributed by atoms with Crippen molar-refractivity contribution in [2.24, 2.45) is 11.8 Å². The number of carbonyl (C=O) groups is 3. The van der Waals surface area contributed by atoms with E-state index in [4.69, 9.17) is 0 Å². The zero-order valence-corrected chi connectivity index (χ0v) is 17.7. The Hall–Kier alpha value is -1.34. The number of piperidine rings is 1. The summed E-state index contributed by atoms with van der Waals surface area (Å²) in [4.78, 5) is 39.0. The lowest BCUT2D eigenvalue weighted by Gasteiger charge is -2.34. The van der Waals surface area contributed by atoms with Gasteiger partial charge in [-0.3, -0.25) is 14.4 Å². The third-order valence-corrected chi connectivity index (χ3v) is 6.23.